The van der Waals surface area contributed by atoms with Gasteiger partial charge in [-0.25, -0.2) is 0 Å². The number of ether oxygens (including phenoxy) is 1. The fraction of sp³-hybridized carbons (Fsp3) is 0.818. The molecule has 0 aromatic carbocycles. The van der Waals surface area contributed by atoms with Crippen LogP contribution < -0.4 is 5.32 Å². The zero-order valence-electron chi connectivity index (χ0n) is 10.3. The summed E-state index contributed by atoms with van der Waals surface area (Å²) in [7, 11) is 0. The zero-order chi connectivity index (χ0) is 11.8. The normalized spacial score (nSPS) is 12.9. The van der Waals surface area contributed by atoms with Crippen LogP contribution in [0.5, 0.6) is 0 Å². The van der Waals surface area contributed by atoms with E-state index in [1.807, 2.05) is 6.92 Å². The minimum Gasteiger partial charge on any atom is -0.380 e. The highest BCUT2D eigenvalue weighted by atomic mass is 32.1. The number of hydrogen-bond donors (Lipinski definition) is 1. The third kappa shape index (κ3) is 3.81. The van der Waals surface area contributed by atoms with Crippen LogP contribution in [0.25, 0.3) is 0 Å². The van der Waals surface area contributed by atoms with Crippen molar-refractivity contribution in [2.45, 2.75) is 39.7 Å². The number of nitrogens with zero attached hydrogens (tertiary/aromatic N) is 2. The zero-order valence-corrected chi connectivity index (χ0v) is 11.1. The van der Waals surface area contributed by atoms with E-state index in [4.69, 9.17) is 4.74 Å². The number of hydrogen-bond acceptors (Lipinski definition) is 5. The molecule has 0 spiro atoms. The number of aromatic nitrogens is 2. The molecule has 0 saturated carbocycles. The Bertz CT molecular complexity index is 283. The molecule has 1 aromatic rings. The molecule has 1 heterocycles. The Morgan fingerprint density at radius 2 is 2.19 bits per heavy atom. The van der Waals surface area contributed by atoms with E-state index in [1.54, 1.807) is 0 Å². The predicted octanol–water partition coefficient (Wildman–Crippen LogP) is 2.18. The van der Waals surface area contributed by atoms with Gasteiger partial charge in [0.2, 0.25) is 0 Å². The first kappa shape index (κ1) is 13.5. The highest BCUT2D eigenvalue weighted by Crippen LogP contribution is 2.21. The van der Waals surface area contributed by atoms with Crippen molar-refractivity contribution in [3.63, 3.8) is 0 Å². The second kappa shape index (κ2) is 7.70. The Balaban J connectivity index is 2.66. The highest BCUT2D eigenvalue weighted by Gasteiger charge is 2.17. The Labute approximate surface area is 102 Å². The smallest absolute Gasteiger partial charge is 0.0801 e. The van der Waals surface area contributed by atoms with Gasteiger partial charge in [-0.2, -0.15) is 0 Å². The van der Waals surface area contributed by atoms with Gasteiger partial charge in [-0.3, -0.25) is 0 Å². The summed E-state index contributed by atoms with van der Waals surface area (Å²) in [6, 6.07) is 0.245. The van der Waals surface area contributed by atoms with Crippen molar-refractivity contribution < 1.29 is 4.74 Å². The van der Waals surface area contributed by atoms with Crippen LogP contribution in [0.15, 0.2) is 0 Å². The summed E-state index contributed by atoms with van der Waals surface area (Å²) in [6.45, 7) is 8.74. The summed E-state index contributed by atoms with van der Waals surface area (Å²) in [6.07, 6.45) is 2.05. The molecular formula is C11H21N3OS. The molecule has 92 valence electrons. The third-order valence-corrected chi connectivity index (χ3v) is 3.25. The molecular weight excluding hydrogens is 222 g/mol. The second-order valence-electron chi connectivity index (χ2n) is 3.60. The first-order valence-electron chi connectivity index (χ1n) is 5.95. The SMILES string of the molecule is CCCNC(COCC)c1snnc1CC. The molecule has 0 amide bonds. The van der Waals surface area contributed by atoms with Gasteiger partial charge < -0.3 is 10.1 Å². The van der Waals surface area contributed by atoms with E-state index in [9.17, 15) is 0 Å². The van der Waals surface area contributed by atoms with Crippen LogP contribution in [0, 0.1) is 0 Å². The van der Waals surface area contributed by atoms with Gasteiger partial charge in [0.25, 0.3) is 0 Å². The van der Waals surface area contributed by atoms with E-state index >= 15 is 0 Å². The average Bonchev–Trinajstić information content (AvgIpc) is 2.77. The number of aryl methyl sites for hydroxylation is 1. The van der Waals surface area contributed by atoms with Gasteiger partial charge in [0, 0.05) is 6.61 Å². The molecule has 0 radical (unpaired) electrons. The van der Waals surface area contributed by atoms with E-state index in [0.717, 1.165) is 31.7 Å². The quantitative estimate of drug-likeness (QED) is 0.760. The summed E-state index contributed by atoms with van der Waals surface area (Å²) in [5, 5.41) is 7.63. The van der Waals surface area contributed by atoms with E-state index in [0.29, 0.717) is 6.61 Å². The summed E-state index contributed by atoms with van der Waals surface area (Å²) in [5.41, 5.74) is 1.10. The second-order valence-corrected chi connectivity index (χ2v) is 4.39. The van der Waals surface area contributed by atoms with Crippen LogP contribution in [0.4, 0.5) is 0 Å². The average molecular weight is 243 g/mol. The molecule has 1 rings (SSSR count). The van der Waals surface area contributed by atoms with Crippen molar-refractivity contribution >= 4 is 11.5 Å². The maximum Gasteiger partial charge on any atom is 0.0801 e. The minimum atomic E-state index is 0.245. The molecule has 0 aliphatic rings. The number of nitrogens with one attached hydrogen (secondary N) is 1. The molecule has 5 heteroatoms. The van der Waals surface area contributed by atoms with Crippen molar-refractivity contribution in [3.05, 3.63) is 10.6 Å². The molecule has 4 nitrogen and oxygen atoms in total. The molecule has 0 bridgehead atoms. The predicted molar refractivity (Wildman–Crippen MR) is 66.8 cm³/mol. The first-order chi connectivity index (χ1) is 7.83. The van der Waals surface area contributed by atoms with Crippen LogP contribution in [0.2, 0.25) is 0 Å². The largest absolute Gasteiger partial charge is 0.380 e. The van der Waals surface area contributed by atoms with Gasteiger partial charge in [-0.15, -0.1) is 5.10 Å². The molecule has 16 heavy (non-hydrogen) atoms. The summed E-state index contributed by atoms with van der Waals surface area (Å²) < 4.78 is 9.53. The van der Waals surface area contributed by atoms with Gasteiger partial charge >= 0.3 is 0 Å². The maximum atomic E-state index is 5.50. The lowest BCUT2D eigenvalue weighted by Gasteiger charge is -2.17. The van der Waals surface area contributed by atoms with E-state index in [-0.39, 0.29) is 6.04 Å². The van der Waals surface area contributed by atoms with Crippen molar-refractivity contribution in [1.82, 2.24) is 14.9 Å². The van der Waals surface area contributed by atoms with Crippen molar-refractivity contribution in [3.8, 4) is 0 Å². The molecule has 1 unspecified atom stereocenters. The van der Waals surface area contributed by atoms with Gasteiger partial charge in [-0.05, 0) is 37.8 Å². The fourth-order valence-corrected chi connectivity index (χ4v) is 2.30. The molecule has 0 saturated heterocycles. The summed E-state index contributed by atoms with van der Waals surface area (Å²) in [5.74, 6) is 0. The van der Waals surface area contributed by atoms with Gasteiger partial charge in [-0.1, -0.05) is 18.3 Å². The summed E-state index contributed by atoms with van der Waals surface area (Å²) >= 11 is 1.48. The number of rotatable bonds is 8. The lowest BCUT2D eigenvalue weighted by atomic mass is 10.2. The van der Waals surface area contributed by atoms with Crippen molar-refractivity contribution in [1.29, 1.82) is 0 Å². The van der Waals surface area contributed by atoms with Gasteiger partial charge in [0.15, 0.2) is 0 Å². The maximum absolute atomic E-state index is 5.50. The highest BCUT2D eigenvalue weighted by molar-refractivity contribution is 7.05. The standard InChI is InChI=1S/C11H21N3OS/c1-4-7-12-10(8-15-6-3)11-9(5-2)13-14-16-11/h10,12H,4-8H2,1-3H3. The minimum absolute atomic E-state index is 0.245. The van der Waals surface area contributed by atoms with Gasteiger partial charge in [0.1, 0.15) is 0 Å². The lowest BCUT2D eigenvalue weighted by molar-refractivity contribution is 0.123. The van der Waals surface area contributed by atoms with E-state index in [2.05, 4.69) is 28.8 Å². The Hall–Kier alpha value is -0.520. The van der Waals surface area contributed by atoms with E-state index < -0.39 is 0 Å². The third-order valence-electron chi connectivity index (χ3n) is 2.37. The van der Waals surface area contributed by atoms with Gasteiger partial charge in [0.05, 0.1) is 23.2 Å². The molecule has 1 aromatic heterocycles. The Kier molecular flexibility index (Phi) is 6.52. The van der Waals surface area contributed by atoms with Crippen molar-refractivity contribution in [2.75, 3.05) is 19.8 Å². The Morgan fingerprint density at radius 1 is 1.38 bits per heavy atom. The topological polar surface area (TPSA) is 47.0 Å². The molecule has 0 aliphatic heterocycles. The molecule has 0 aliphatic carbocycles. The first-order valence-corrected chi connectivity index (χ1v) is 6.73. The Morgan fingerprint density at radius 3 is 2.81 bits per heavy atom. The molecule has 0 fully saturated rings. The lowest BCUT2D eigenvalue weighted by Crippen LogP contribution is -2.26. The van der Waals surface area contributed by atoms with Crippen LogP contribution in [0.3, 0.4) is 0 Å². The summed E-state index contributed by atoms with van der Waals surface area (Å²) in [4.78, 5) is 1.23. The van der Waals surface area contributed by atoms with Crippen LogP contribution in [-0.2, 0) is 11.2 Å². The molecule has 1 atom stereocenters. The van der Waals surface area contributed by atoms with Crippen LogP contribution in [-0.4, -0.2) is 29.3 Å². The monoisotopic (exact) mass is 243 g/mol. The van der Waals surface area contributed by atoms with Crippen LogP contribution >= 0.6 is 11.5 Å². The van der Waals surface area contributed by atoms with Crippen molar-refractivity contribution in [2.24, 2.45) is 0 Å². The van der Waals surface area contributed by atoms with E-state index in [1.165, 1.54) is 16.4 Å². The fourth-order valence-electron chi connectivity index (χ4n) is 1.51. The van der Waals surface area contributed by atoms with Crippen LogP contribution in [0.1, 0.15) is 43.8 Å². The molecule has 1 N–H and O–H groups in total.